The molecule has 0 spiro atoms. The molecule has 30 heavy (non-hydrogen) atoms. The molecule has 0 fully saturated rings. The van der Waals surface area contributed by atoms with E-state index in [2.05, 4.69) is 5.32 Å². The maximum atomic E-state index is 12.5. The van der Waals surface area contributed by atoms with Gasteiger partial charge in [0.25, 0.3) is 5.91 Å². The third kappa shape index (κ3) is 4.81. The van der Waals surface area contributed by atoms with Gasteiger partial charge in [0.2, 0.25) is 5.76 Å². The second-order valence-corrected chi connectivity index (χ2v) is 6.48. The molecule has 7 nitrogen and oxygen atoms in total. The van der Waals surface area contributed by atoms with Gasteiger partial charge in [0.1, 0.15) is 0 Å². The minimum absolute atomic E-state index is 0.0562. The van der Waals surface area contributed by atoms with Crippen LogP contribution in [0.3, 0.4) is 0 Å². The molecule has 1 aromatic heterocycles. The number of benzene rings is 2. The van der Waals surface area contributed by atoms with Crippen LogP contribution in [0.4, 0.5) is 0 Å². The fourth-order valence-electron chi connectivity index (χ4n) is 2.90. The van der Waals surface area contributed by atoms with E-state index in [0.717, 1.165) is 11.1 Å². The molecule has 3 aromatic rings. The standard InChI is InChI=1S/C23H23NO6/c1-15(22(25)24-14-16-9-10-19(27-2)20(13-16)28-3)30-23(26)21-18(11-12-29-21)17-7-5-4-6-8-17/h4-13,15H,14H2,1-3H3,(H,24,25). The Kier molecular flexibility index (Phi) is 6.75. The van der Waals surface area contributed by atoms with Gasteiger partial charge in [-0.05, 0) is 36.2 Å². The Morgan fingerprint density at radius 1 is 1.00 bits per heavy atom. The van der Waals surface area contributed by atoms with Gasteiger partial charge in [-0.3, -0.25) is 4.79 Å². The molecule has 1 unspecified atom stereocenters. The summed E-state index contributed by atoms with van der Waals surface area (Å²) in [6.45, 7) is 1.75. The number of furan rings is 1. The van der Waals surface area contributed by atoms with Crippen molar-refractivity contribution in [1.29, 1.82) is 0 Å². The van der Waals surface area contributed by atoms with Crippen molar-refractivity contribution >= 4 is 11.9 Å². The maximum Gasteiger partial charge on any atom is 0.375 e. The predicted octanol–water partition coefficient (Wildman–Crippen LogP) is 3.83. The quantitative estimate of drug-likeness (QED) is 0.569. The summed E-state index contributed by atoms with van der Waals surface area (Å²) in [7, 11) is 3.09. The highest BCUT2D eigenvalue weighted by Crippen LogP contribution is 2.28. The van der Waals surface area contributed by atoms with Crippen LogP contribution in [0.1, 0.15) is 23.0 Å². The number of esters is 1. The molecular weight excluding hydrogens is 386 g/mol. The summed E-state index contributed by atoms with van der Waals surface area (Å²) in [5.41, 5.74) is 2.25. The van der Waals surface area contributed by atoms with Crippen LogP contribution in [0.25, 0.3) is 11.1 Å². The molecule has 7 heteroatoms. The van der Waals surface area contributed by atoms with E-state index in [9.17, 15) is 9.59 Å². The van der Waals surface area contributed by atoms with Crippen molar-refractivity contribution < 1.29 is 28.2 Å². The number of ether oxygens (including phenoxy) is 3. The van der Waals surface area contributed by atoms with Crippen LogP contribution in [0.2, 0.25) is 0 Å². The van der Waals surface area contributed by atoms with E-state index in [4.69, 9.17) is 18.6 Å². The minimum Gasteiger partial charge on any atom is -0.493 e. The molecule has 3 rings (SSSR count). The van der Waals surface area contributed by atoms with E-state index in [0.29, 0.717) is 17.1 Å². The van der Waals surface area contributed by atoms with Gasteiger partial charge in [0, 0.05) is 12.1 Å². The fraction of sp³-hybridized carbons (Fsp3) is 0.217. The number of rotatable bonds is 8. The van der Waals surface area contributed by atoms with Crippen LogP contribution in [-0.2, 0) is 16.1 Å². The lowest BCUT2D eigenvalue weighted by molar-refractivity contribution is -0.129. The first kappa shape index (κ1) is 21.0. The van der Waals surface area contributed by atoms with Crippen LogP contribution in [0.15, 0.2) is 65.3 Å². The van der Waals surface area contributed by atoms with Crippen LogP contribution in [-0.4, -0.2) is 32.2 Å². The lowest BCUT2D eigenvalue weighted by atomic mass is 10.1. The zero-order valence-corrected chi connectivity index (χ0v) is 17.0. The summed E-state index contributed by atoms with van der Waals surface area (Å²) < 4.78 is 21.1. The van der Waals surface area contributed by atoms with Crippen LogP contribution in [0.5, 0.6) is 11.5 Å². The molecule has 2 aromatic carbocycles. The van der Waals surface area contributed by atoms with Crippen molar-refractivity contribution in [2.45, 2.75) is 19.6 Å². The number of carbonyl (C=O) groups is 2. The van der Waals surface area contributed by atoms with Gasteiger partial charge in [-0.15, -0.1) is 0 Å². The highest BCUT2D eigenvalue weighted by Gasteiger charge is 2.23. The van der Waals surface area contributed by atoms with Gasteiger partial charge in [-0.25, -0.2) is 4.79 Å². The summed E-state index contributed by atoms with van der Waals surface area (Å²) in [6.07, 6.45) is 0.423. The van der Waals surface area contributed by atoms with E-state index in [-0.39, 0.29) is 12.3 Å². The Hall–Kier alpha value is -3.74. The van der Waals surface area contributed by atoms with Crippen LogP contribution in [0, 0.1) is 0 Å². The van der Waals surface area contributed by atoms with Gasteiger partial charge in [-0.1, -0.05) is 36.4 Å². The highest BCUT2D eigenvalue weighted by atomic mass is 16.6. The van der Waals surface area contributed by atoms with E-state index < -0.39 is 18.0 Å². The average molecular weight is 409 g/mol. The highest BCUT2D eigenvalue weighted by molar-refractivity contribution is 5.96. The number of methoxy groups -OCH3 is 2. The smallest absolute Gasteiger partial charge is 0.375 e. The molecule has 1 amide bonds. The van der Waals surface area contributed by atoms with Gasteiger partial charge < -0.3 is 23.9 Å². The van der Waals surface area contributed by atoms with Gasteiger partial charge in [0.05, 0.1) is 20.5 Å². The SMILES string of the molecule is COc1ccc(CNC(=O)C(C)OC(=O)c2occc2-c2ccccc2)cc1OC. The minimum atomic E-state index is -0.994. The van der Waals surface area contributed by atoms with Crippen molar-refractivity contribution in [3.05, 3.63) is 72.2 Å². The average Bonchev–Trinajstić information content (AvgIpc) is 3.28. The molecule has 0 aliphatic carbocycles. The number of carbonyl (C=O) groups excluding carboxylic acids is 2. The van der Waals surface area contributed by atoms with Crippen molar-refractivity contribution in [3.8, 4) is 22.6 Å². The molecule has 0 saturated heterocycles. The summed E-state index contributed by atoms with van der Waals surface area (Å²) >= 11 is 0. The second-order valence-electron chi connectivity index (χ2n) is 6.48. The van der Waals surface area contributed by atoms with E-state index in [1.54, 1.807) is 32.4 Å². The number of hydrogen-bond acceptors (Lipinski definition) is 6. The first-order valence-electron chi connectivity index (χ1n) is 9.36. The van der Waals surface area contributed by atoms with E-state index in [1.807, 2.05) is 36.4 Å². The Balaban J connectivity index is 1.60. The normalized spacial score (nSPS) is 11.4. The van der Waals surface area contributed by atoms with E-state index in [1.165, 1.54) is 13.2 Å². The number of amides is 1. The number of hydrogen-bond donors (Lipinski definition) is 1. The summed E-state index contributed by atoms with van der Waals surface area (Å²) in [5.74, 6) is 0.0943. The molecule has 0 bridgehead atoms. The summed E-state index contributed by atoms with van der Waals surface area (Å²) in [6, 6.07) is 16.4. The van der Waals surface area contributed by atoms with Crippen LogP contribution >= 0.6 is 0 Å². The Labute approximate surface area is 174 Å². The van der Waals surface area contributed by atoms with E-state index >= 15 is 0 Å². The zero-order chi connectivity index (χ0) is 21.5. The molecular formula is C23H23NO6. The summed E-state index contributed by atoms with van der Waals surface area (Å²) in [4.78, 5) is 24.9. The van der Waals surface area contributed by atoms with Gasteiger partial charge >= 0.3 is 5.97 Å². The Morgan fingerprint density at radius 3 is 2.43 bits per heavy atom. The van der Waals surface area contributed by atoms with Crippen molar-refractivity contribution in [2.75, 3.05) is 14.2 Å². The topological polar surface area (TPSA) is 87.0 Å². The largest absolute Gasteiger partial charge is 0.493 e. The molecule has 156 valence electrons. The third-order valence-electron chi connectivity index (χ3n) is 4.50. The first-order valence-corrected chi connectivity index (χ1v) is 9.36. The molecule has 0 aliphatic rings. The van der Waals surface area contributed by atoms with Gasteiger partial charge in [-0.2, -0.15) is 0 Å². The number of nitrogens with one attached hydrogen (secondary N) is 1. The predicted molar refractivity (Wildman–Crippen MR) is 110 cm³/mol. The molecule has 1 N–H and O–H groups in total. The Morgan fingerprint density at radius 2 is 1.73 bits per heavy atom. The van der Waals surface area contributed by atoms with Crippen molar-refractivity contribution in [3.63, 3.8) is 0 Å². The van der Waals surface area contributed by atoms with Gasteiger partial charge in [0.15, 0.2) is 17.6 Å². The first-order chi connectivity index (χ1) is 14.5. The lowest BCUT2D eigenvalue weighted by Gasteiger charge is -2.14. The Bertz CT molecular complexity index is 1010. The maximum absolute atomic E-state index is 12.5. The molecule has 1 atom stereocenters. The molecule has 1 heterocycles. The van der Waals surface area contributed by atoms with Crippen molar-refractivity contribution in [1.82, 2.24) is 5.32 Å². The zero-order valence-electron chi connectivity index (χ0n) is 17.0. The fourth-order valence-corrected chi connectivity index (χ4v) is 2.90. The lowest BCUT2D eigenvalue weighted by Crippen LogP contribution is -2.35. The second kappa shape index (κ2) is 9.65. The molecule has 0 radical (unpaired) electrons. The third-order valence-corrected chi connectivity index (χ3v) is 4.50. The monoisotopic (exact) mass is 409 g/mol. The van der Waals surface area contributed by atoms with Crippen LogP contribution < -0.4 is 14.8 Å². The molecule has 0 saturated carbocycles. The van der Waals surface area contributed by atoms with Crippen molar-refractivity contribution in [2.24, 2.45) is 0 Å². The molecule has 0 aliphatic heterocycles. The summed E-state index contributed by atoms with van der Waals surface area (Å²) in [5, 5.41) is 2.74.